The number of esters is 1. The summed E-state index contributed by atoms with van der Waals surface area (Å²) in [5.41, 5.74) is 2.66. The molecule has 0 fully saturated rings. The molecule has 29 heavy (non-hydrogen) atoms. The second-order valence-corrected chi connectivity index (χ2v) is 8.61. The molecule has 0 aliphatic carbocycles. The zero-order valence-electron chi connectivity index (χ0n) is 16.5. The topological polar surface area (TPSA) is 78.5 Å². The largest absolute Gasteiger partial charge is 0.463 e. The molecule has 3 aromatic heterocycles. The Morgan fingerprint density at radius 1 is 1.38 bits per heavy atom. The van der Waals surface area contributed by atoms with Gasteiger partial charge in [-0.3, -0.25) is 14.0 Å². The van der Waals surface area contributed by atoms with Gasteiger partial charge in [-0.1, -0.05) is 17.4 Å². The quantitative estimate of drug-likeness (QED) is 0.595. The standard InChI is InChI=1S/C20H20N4O3S2/c1-5-27-19(26)16-11(2)22-20-24(17(16)14-7-6-8-28-14)18(25)15(29-20)9-13-10-21-23(4)12(13)3/h6-10,17H,5H2,1-4H3/b15-9+. The lowest BCUT2D eigenvalue weighted by Crippen LogP contribution is -2.39. The Balaban J connectivity index is 1.96. The molecule has 4 heterocycles. The third-order valence-electron chi connectivity index (χ3n) is 4.89. The second kappa shape index (κ2) is 7.57. The van der Waals surface area contributed by atoms with Crippen LogP contribution in [-0.2, 0) is 16.6 Å². The predicted octanol–water partition coefficient (Wildman–Crippen LogP) is 1.90. The van der Waals surface area contributed by atoms with E-state index in [-0.39, 0.29) is 12.2 Å². The van der Waals surface area contributed by atoms with Crippen molar-refractivity contribution in [1.29, 1.82) is 0 Å². The fraction of sp³-hybridized carbons (Fsp3) is 0.300. The summed E-state index contributed by atoms with van der Waals surface area (Å²) >= 11 is 2.82. The smallest absolute Gasteiger partial charge is 0.338 e. The number of allylic oxidation sites excluding steroid dienone is 1. The minimum absolute atomic E-state index is 0.176. The van der Waals surface area contributed by atoms with E-state index in [1.54, 1.807) is 29.3 Å². The number of thiophene rings is 1. The van der Waals surface area contributed by atoms with Crippen molar-refractivity contribution in [3.8, 4) is 0 Å². The second-order valence-electron chi connectivity index (χ2n) is 6.63. The molecule has 0 bridgehead atoms. The van der Waals surface area contributed by atoms with Crippen molar-refractivity contribution in [2.24, 2.45) is 12.0 Å². The number of fused-ring (bicyclic) bond motifs is 1. The van der Waals surface area contributed by atoms with Crippen LogP contribution in [0, 0.1) is 6.92 Å². The van der Waals surface area contributed by atoms with Gasteiger partial charge in [-0.15, -0.1) is 11.3 Å². The van der Waals surface area contributed by atoms with Gasteiger partial charge in [0.25, 0.3) is 5.56 Å². The Kier molecular flexibility index (Phi) is 5.10. The van der Waals surface area contributed by atoms with E-state index in [2.05, 4.69) is 10.1 Å². The highest BCUT2D eigenvalue weighted by Gasteiger charge is 2.33. The van der Waals surface area contributed by atoms with Crippen LogP contribution in [0.2, 0.25) is 0 Å². The van der Waals surface area contributed by atoms with E-state index >= 15 is 0 Å². The number of thiazole rings is 1. The van der Waals surface area contributed by atoms with Gasteiger partial charge in [-0.05, 0) is 38.3 Å². The molecule has 150 valence electrons. The number of rotatable bonds is 4. The van der Waals surface area contributed by atoms with Gasteiger partial charge in [-0.2, -0.15) is 5.10 Å². The third kappa shape index (κ3) is 3.30. The van der Waals surface area contributed by atoms with E-state index in [1.165, 1.54) is 22.7 Å². The first-order valence-electron chi connectivity index (χ1n) is 9.14. The summed E-state index contributed by atoms with van der Waals surface area (Å²) in [5, 5.41) is 6.17. The van der Waals surface area contributed by atoms with Gasteiger partial charge >= 0.3 is 5.97 Å². The first kappa shape index (κ1) is 19.5. The lowest BCUT2D eigenvalue weighted by Gasteiger charge is -2.23. The highest BCUT2D eigenvalue weighted by molar-refractivity contribution is 7.10. The van der Waals surface area contributed by atoms with Crippen LogP contribution in [0.3, 0.4) is 0 Å². The van der Waals surface area contributed by atoms with Gasteiger partial charge in [0.2, 0.25) is 0 Å². The Morgan fingerprint density at radius 2 is 2.17 bits per heavy atom. The lowest BCUT2D eigenvalue weighted by molar-refractivity contribution is -0.139. The van der Waals surface area contributed by atoms with Gasteiger partial charge in [-0.25, -0.2) is 9.79 Å². The Hall–Kier alpha value is -2.78. The number of nitrogens with zero attached hydrogens (tertiary/aromatic N) is 4. The first-order chi connectivity index (χ1) is 13.9. The van der Waals surface area contributed by atoms with Crippen LogP contribution in [0.15, 0.2) is 44.8 Å². The van der Waals surface area contributed by atoms with Crippen LogP contribution in [0.4, 0.5) is 0 Å². The molecule has 7 nitrogen and oxygen atoms in total. The summed E-state index contributed by atoms with van der Waals surface area (Å²) in [4.78, 5) is 32.1. The van der Waals surface area contributed by atoms with Crippen molar-refractivity contribution in [2.75, 3.05) is 6.61 Å². The minimum Gasteiger partial charge on any atom is -0.463 e. The summed E-state index contributed by atoms with van der Waals surface area (Å²) in [5.74, 6) is -0.440. The van der Waals surface area contributed by atoms with Gasteiger partial charge in [0.05, 0.1) is 28.6 Å². The summed E-state index contributed by atoms with van der Waals surface area (Å²) in [6, 6.07) is 3.30. The van der Waals surface area contributed by atoms with Crippen molar-refractivity contribution >= 4 is 34.7 Å². The highest BCUT2D eigenvalue weighted by atomic mass is 32.1. The molecule has 0 radical (unpaired) electrons. The molecule has 0 amide bonds. The number of aromatic nitrogens is 3. The van der Waals surface area contributed by atoms with E-state index in [4.69, 9.17) is 4.74 Å². The van der Waals surface area contributed by atoms with Crippen LogP contribution in [0.5, 0.6) is 0 Å². The third-order valence-corrected chi connectivity index (χ3v) is 6.80. The molecule has 3 aromatic rings. The Morgan fingerprint density at radius 3 is 2.79 bits per heavy atom. The number of aryl methyl sites for hydroxylation is 1. The monoisotopic (exact) mass is 428 g/mol. The molecule has 0 saturated heterocycles. The molecule has 9 heteroatoms. The van der Waals surface area contributed by atoms with Crippen LogP contribution < -0.4 is 14.9 Å². The fourth-order valence-corrected chi connectivity index (χ4v) is 5.17. The highest BCUT2D eigenvalue weighted by Crippen LogP contribution is 2.33. The molecule has 4 rings (SSSR count). The van der Waals surface area contributed by atoms with Crippen molar-refractivity contribution in [3.63, 3.8) is 0 Å². The molecular formula is C20H20N4O3S2. The van der Waals surface area contributed by atoms with E-state index in [9.17, 15) is 9.59 Å². The maximum atomic E-state index is 13.4. The van der Waals surface area contributed by atoms with E-state index in [0.717, 1.165) is 16.1 Å². The number of ether oxygens (including phenoxy) is 1. The summed E-state index contributed by atoms with van der Waals surface area (Å²) in [6.07, 6.45) is 3.57. The molecule has 0 saturated carbocycles. The van der Waals surface area contributed by atoms with E-state index in [0.29, 0.717) is 20.6 Å². The molecule has 0 N–H and O–H groups in total. The van der Waals surface area contributed by atoms with Gasteiger partial charge < -0.3 is 4.74 Å². The van der Waals surface area contributed by atoms with Crippen molar-refractivity contribution in [3.05, 3.63) is 70.8 Å². The average Bonchev–Trinajstić information content (AvgIpc) is 3.39. The lowest BCUT2D eigenvalue weighted by atomic mass is 10.0. The summed E-state index contributed by atoms with van der Waals surface area (Å²) in [7, 11) is 1.86. The molecule has 0 aromatic carbocycles. The van der Waals surface area contributed by atoms with Gasteiger partial charge in [0.1, 0.15) is 6.04 Å². The predicted molar refractivity (Wildman–Crippen MR) is 113 cm³/mol. The molecular weight excluding hydrogens is 408 g/mol. The molecule has 1 unspecified atom stereocenters. The summed E-state index contributed by atoms with van der Waals surface area (Å²) in [6.45, 7) is 5.76. The number of hydrogen-bond donors (Lipinski definition) is 0. The average molecular weight is 429 g/mol. The van der Waals surface area contributed by atoms with Crippen LogP contribution >= 0.6 is 22.7 Å². The zero-order valence-corrected chi connectivity index (χ0v) is 18.1. The van der Waals surface area contributed by atoms with Gasteiger partial charge in [0.15, 0.2) is 4.80 Å². The minimum atomic E-state index is -0.539. The molecule has 0 spiro atoms. The fourth-order valence-electron chi connectivity index (χ4n) is 3.31. The normalized spacial score (nSPS) is 16.7. The molecule has 1 aliphatic heterocycles. The maximum Gasteiger partial charge on any atom is 0.338 e. The van der Waals surface area contributed by atoms with Crippen LogP contribution in [-0.4, -0.2) is 26.9 Å². The van der Waals surface area contributed by atoms with Crippen LogP contribution in [0.25, 0.3) is 6.08 Å². The number of hydrogen-bond acceptors (Lipinski definition) is 7. The van der Waals surface area contributed by atoms with Crippen molar-refractivity contribution in [1.82, 2.24) is 14.3 Å². The molecule has 1 aliphatic rings. The SMILES string of the molecule is CCOC(=O)C1=C(C)N=c2s/c(=C/c3cnn(C)c3C)c(=O)n2C1c1cccs1. The Bertz CT molecular complexity index is 1290. The number of carbonyl (C=O) groups is 1. The van der Waals surface area contributed by atoms with Crippen molar-refractivity contribution in [2.45, 2.75) is 26.8 Å². The maximum absolute atomic E-state index is 13.4. The van der Waals surface area contributed by atoms with Gasteiger partial charge in [0, 0.05) is 23.2 Å². The first-order valence-corrected chi connectivity index (χ1v) is 10.8. The van der Waals surface area contributed by atoms with Crippen LogP contribution in [0.1, 0.15) is 36.0 Å². The van der Waals surface area contributed by atoms with E-state index in [1.807, 2.05) is 37.6 Å². The molecule has 1 atom stereocenters. The zero-order chi connectivity index (χ0) is 20.7. The van der Waals surface area contributed by atoms with Crippen molar-refractivity contribution < 1.29 is 9.53 Å². The van der Waals surface area contributed by atoms with E-state index < -0.39 is 12.0 Å². The Labute approximate surface area is 174 Å². The summed E-state index contributed by atoms with van der Waals surface area (Å²) < 4.78 is 9.20. The number of carbonyl (C=O) groups excluding carboxylic acids is 1.